The molecule has 0 saturated heterocycles. The fourth-order valence-corrected chi connectivity index (χ4v) is 2.07. The lowest BCUT2D eigenvalue weighted by atomic mass is 10.4. The molecule has 0 spiro atoms. The Kier molecular flexibility index (Phi) is 4.19. The third kappa shape index (κ3) is 2.60. The first-order valence-corrected chi connectivity index (χ1v) is 5.54. The Balaban J connectivity index is 2.66. The van der Waals surface area contributed by atoms with Crippen molar-refractivity contribution in [1.82, 2.24) is 14.8 Å². The number of aromatic nitrogens is 3. The van der Waals surface area contributed by atoms with Crippen molar-refractivity contribution in [2.75, 3.05) is 18.2 Å². The van der Waals surface area contributed by atoms with Gasteiger partial charge in [0.05, 0.1) is 6.67 Å². The minimum atomic E-state index is -0.293. The highest BCUT2D eigenvalue weighted by molar-refractivity contribution is 7.99. The largest absolute Gasteiger partial charge is 0.368 e. The van der Waals surface area contributed by atoms with E-state index in [2.05, 4.69) is 10.2 Å². The van der Waals surface area contributed by atoms with E-state index in [1.165, 1.54) is 11.8 Å². The first kappa shape index (κ1) is 11.3. The van der Waals surface area contributed by atoms with Crippen molar-refractivity contribution in [3.8, 4) is 0 Å². The number of hydrogen-bond donors (Lipinski definition) is 1. The van der Waals surface area contributed by atoms with Gasteiger partial charge < -0.3 is 5.73 Å². The highest BCUT2D eigenvalue weighted by atomic mass is 32.2. The summed E-state index contributed by atoms with van der Waals surface area (Å²) in [7, 11) is 0. The summed E-state index contributed by atoms with van der Waals surface area (Å²) in [6.07, 6.45) is 0.537. The van der Waals surface area contributed by atoms with Crippen LogP contribution in [0.1, 0.15) is 26.3 Å². The number of rotatable bonds is 5. The van der Waals surface area contributed by atoms with E-state index in [4.69, 9.17) is 5.73 Å². The van der Waals surface area contributed by atoms with Crippen LogP contribution >= 0.6 is 11.8 Å². The van der Waals surface area contributed by atoms with Crippen LogP contribution in [0.15, 0.2) is 5.16 Å². The van der Waals surface area contributed by atoms with Gasteiger partial charge in [0, 0.05) is 11.8 Å². The average molecular weight is 218 g/mol. The van der Waals surface area contributed by atoms with Crippen LogP contribution in [0.25, 0.3) is 0 Å². The third-order valence-corrected chi connectivity index (χ3v) is 2.75. The summed E-state index contributed by atoms with van der Waals surface area (Å²) in [6, 6.07) is 0.234. The summed E-state index contributed by atoms with van der Waals surface area (Å²) < 4.78 is 13.7. The molecule has 0 unspecified atom stereocenters. The van der Waals surface area contributed by atoms with Crippen LogP contribution in [-0.2, 0) is 0 Å². The van der Waals surface area contributed by atoms with E-state index < -0.39 is 0 Å². The average Bonchev–Trinajstić information content (AvgIpc) is 2.47. The van der Waals surface area contributed by atoms with Gasteiger partial charge in [-0.05, 0) is 20.3 Å². The van der Waals surface area contributed by atoms with E-state index in [-0.39, 0.29) is 12.7 Å². The first-order valence-electron chi connectivity index (χ1n) is 4.56. The normalized spacial score (nSPS) is 11.1. The summed E-state index contributed by atoms with van der Waals surface area (Å²) in [4.78, 5) is 0. The SMILES string of the molecule is CC(C)n1c(N)nnc1SCCCF. The fraction of sp³-hybridized carbons (Fsp3) is 0.750. The Morgan fingerprint density at radius 2 is 2.21 bits per heavy atom. The minimum absolute atomic E-state index is 0.234. The lowest BCUT2D eigenvalue weighted by molar-refractivity contribution is 0.489. The molecule has 0 amide bonds. The quantitative estimate of drug-likeness (QED) is 0.605. The van der Waals surface area contributed by atoms with Gasteiger partial charge in [-0.3, -0.25) is 8.96 Å². The van der Waals surface area contributed by atoms with Gasteiger partial charge in [0.2, 0.25) is 5.95 Å². The second-order valence-corrected chi connectivity index (χ2v) is 4.26. The summed E-state index contributed by atoms with van der Waals surface area (Å²) in [5.74, 6) is 1.13. The molecule has 0 aliphatic carbocycles. The van der Waals surface area contributed by atoms with E-state index in [1.54, 1.807) is 0 Å². The highest BCUT2D eigenvalue weighted by Gasteiger charge is 2.11. The lowest BCUT2D eigenvalue weighted by Gasteiger charge is -2.10. The topological polar surface area (TPSA) is 56.7 Å². The number of halogens is 1. The van der Waals surface area contributed by atoms with Crippen molar-refractivity contribution >= 4 is 17.7 Å². The molecule has 80 valence electrons. The molecular weight excluding hydrogens is 203 g/mol. The van der Waals surface area contributed by atoms with Crippen molar-refractivity contribution < 1.29 is 4.39 Å². The number of hydrogen-bond acceptors (Lipinski definition) is 4. The Hall–Kier alpha value is -0.780. The second kappa shape index (κ2) is 5.19. The molecule has 1 rings (SSSR count). The maximum absolute atomic E-state index is 11.9. The van der Waals surface area contributed by atoms with Crippen molar-refractivity contribution in [3.63, 3.8) is 0 Å². The fourth-order valence-electron chi connectivity index (χ4n) is 1.09. The standard InChI is InChI=1S/C8H15FN4S/c1-6(2)13-7(10)11-12-8(13)14-5-3-4-9/h6H,3-5H2,1-2H3,(H2,10,11). The molecule has 0 bridgehead atoms. The predicted molar refractivity (Wildman–Crippen MR) is 56.1 cm³/mol. The van der Waals surface area contributed by atoms with Gasteiger partial charge in [0.15, 0.2) is 5.16 Å². The number of nitrogen functional groups attached to an aromatic ring is 1. The maximum Gasteiger partial charge on any atom is 0.222 e. The summed E-state index contributed by atoms with van der Waals surface area (Å²) in [5, 5.41) is 8.50. The van der Waals surface area contributed by atoms with Gasteiger partial charge in [-0.15, -0.1) is 10.2 Å². The Labute approximate surface area is 87.1 Å². The molecule has 0 atom stereocenters. The molecule has 1 aromatic rings. The van der Waals surface area contributed by atoms with E-state index in [9.17, 15) is 4.39 Å². The van der Waals surface area contributed by atoms with Crippen molar-refractivity contribution in [2.24, 2.45) is 0 Å². The van der Waals surface area contributed by atoms with Gasteiger partial charge >= 0.3 is 0 Å². The number of thioether (sulfide) groups is 1. The Morgan fingerprint density at radius 1 is 1.50 bits per heavy atom. The van der Waals surface area contributed by atoms with E-state index >= 15 is 0 Å². The summed E-state index contributed by atoms with van der Waals surface area (Å²) in [5.41, 5.74) is 5.65. The highest BCUT2D eigenvalue weighted by Crippen LogP contribution is 2.22. The number of nitrogens with zero attached hydrogens (tertiary/aromatic N) is 3. The Morgan fingerprint density at radius 3 is 2.79 bits per heavy atom. The zero-order valence-electron chi connectivity index (χ0n) is 8.40. The van der Waals surface area contributed by atoms with Gasteiger partial charge in [-0.25, -0.2) is 0 Å². The molecule has 0 aliphatic rings. The van der Waals surface area contributed by atoms with Gasteiger partial charge in [0.1, 0.15) is 0 Å². The number of anilines is 1. The van der Waals surface area contributed by atoms with Crippen molar-refractivity contribution in [3.05, 3.63) is 0 Å². The smallest absolute Gasteiger partial charge is 0.222 e. The van der Waals surface area contributed by atoms with E-state index in [1.807, 2.05) is 18.4 Å². The molecule has 0 aromatic carbocycles. The van der Waals surface area contributed by atoms with Gasteiger partial charge in [0.25, 0.3) is 0 Å². The predicted octanol–water partition coefficient (Wildman–Crippen LogP) is 1.89. The molecular formula is C8H15FN4S. The zero-order valence-corrected chi connectivity index (χ0v) is 9.22. The molecule has 14 heavy (non-hydrogen) atoms. The lowest BCUT2D eigenvalue weighted by Crippen LogP contribution is -2.07. The molecule has 1 heterocycles. The van der Waals surface area contributed by atoms with Crippen LogP contribution in [0.2, 0.25) is 0 Å². The van der Waals surface area contributed by atoms with Gasteiger partial charge in [-0.1, -0.05) is 11.8 Å². The van der Waals surface area contributed by atoms with Gasteiger partial charge in [-0.2, -0.15) is 0 Å². The van der Waals surface area contributed by atoms with Crippen LogP contribution in [0, 0.1) is 0 Å². The summed E-state index contributed by atoms with van der Waals surface area (Å²) >= 11 is 1.49. The van der Waals surface area contributed by atoms with Crippen LogP contribution in [0.5, 0.6) is 0 Å². The third-order valence-electron chi connectivity index (χ3n) is 1.72. The Bertz CT molecular complexity index is 287. The molecule has 0 fully saturated rings. The van der Waals surface area contributed by atoms with Crippen molar-refractivity contribution in [1.29, 1.82) is 0 Å². The molecule has 0 aliphatic heterocycles. The molecule has 0 saturated carbocycles. The molecule has 6 heteroatoms. The monoisotopic (exact) mass is 218 g/mol. The number of alkyl halides is 1. The van der Waals surface area contributed by atoms with E-state index in [0.717, 1.165) is 5.16 Å². The number of nitrogens with two attached hydrogens (primary N) is 1. The molecule has 1 aromatic heterocycles. The summed E-state index contributed by atoms with van der Waals surface area (Å²) in [6.45, 7) is 3.73. The van der Waals surface area contributed by atoms with Crippen LogP contribution < -0.4 is 5.73 Å². The van der Waals surface area contributed by atoms with Crippen LogP contribution in [-0.4, -0.2) is 27.2 Å². The maximum atomic E-state index is 11.9. The first-order chi connectivity index (χ1) is 6.66. The van der Waals surface area contributed by atoms with Crippen LogP contribution in [0.3, 0.4) is 0 Å². The van der Waals surface area contributed by atoms with E-state index in [0.29, 0.717) is 18.1 Å². The molecule has 4 nitrogen and oxygen atoms in total. The van der Waals surface area contributed by atoms with Crippen LogP contribution in [0.4, 0.5) is 10.3 Å². The zero-order chi connectivity index (χ0) is 10.6. The van der Waals surface area contributed by atoms with Crippen molar-refractivity contribution in [2.45, 2.75) is 31.5 Å². The minimum Gasteiger partial charge on any atom is -0.368 e. The molecule has 2 N–H and O–H groups in total. The molecule has 0 radical (unpaired) electrons. The second-order valence-electron chi connectivity index (χ2n) is 3.20.